The summed E-state index contributed by atoms with van der Waals surface area (Å²) in [5.74, 6) is 0.135. The standard InChI is InChI=1S/C24H16Cl2N2O4/c1-30-15-4-2-3-13(9-15)22-18-8-6-16(11-21(18)32-23(28)19(22)12-27)31-24(29)17-7-5-14(25)10-20(17)26/h2-11,22H,28H2,1H3. The highest BCUT2D eigenvalue weighted by Gasteiger charge is 2.31. The van der Waals surface area contributed by atoms with Crippen LogP contribution in [0.15, 0.2) is 72.1 Å². The van der Waals surface area contributed by atoms with E-state index in [4.69, 9.17) is 43.1 Å². The molecule has 0 fully saturated rings. The van der Waals surface area contributed by atoms with Crippen molar-refractivity contribution < 1.29 is 19.0 Å². The zero-order chi connectivity index (χ0) is 22.8. The molecule has 32 heavy (non-hydrogen) atoms. The van der Waals surface area contributed by atoms with E-state index in [1.54, 1.807) is 31.4 Å². The Balaban J connectivity index is 1.70. The van der Waals surface area contributed by atoms with Crippen LogP contribution < -0.4 is 19.9 Å². The van der Waals surface area contributed by atoms with Gasteiger partial charge < -0.3 is 19.9 Å². The smallest absolute Gasteiger partial charge is 0.345 e. The fourth-order valence-corrected chi connectivity index (χ4v) is 3.97. The summed E-state index contributed by atoms with van der Waals surface area (Å²) in [6.07, 6.45) is 0. The first kappa shape index (κ1) is 21.6. The molecule has 3 aromatic carbocycles. The zero-order valence-corrected chi connectivity index (χ0v) is 18.3. The quantitative estimate of drug-likeness (QED) is 0.406. The van der Waals surface area contributed by atoms with Crippen molar-refractivity contribution >= 4 is 29.2 Å². The van der Waals surface area contributed by atoms with Crippen LogP contribution in [0.4, 0.5) is 0 Å². The van der Waals surface area contributed by atoms with Crippen molar-refractivity contribution in [3.63, 3.8) is 0 Å². The molecule has 1 unspecified atom stereocenters. The molecule has 6 nitrogen and oxygen atoms in total. The molecule has 0 aliphatic carbocycles. The normalized spacial score (nSPS) is 14.8. The lowest BCUT2D eigenvalue weighted by Crippen LogP contribution is -2.21. The van der Waals surface area contributed by atoms with Crippen LogP contribution >= 0.6 is 23.2 Å². The second-order valence-corrected chi connectivity index (χ2v) is 7.76. The summed E-state index contributed by atoms with van der Waals surface area (Å²) in [6.45, 7) is 0. The third-order valence-corrected chi connectivity index (χ3v) is 5.53. The average Bonchev–Trinajstić information content (AvgIpc) is 2.78. The lowest BCUT2D eigenvalue weighted by molar-refractivity contribution is 0.0734. The predicted molar refractivity (Wildman–Crippen MR) is 120 cm³/mol. The number of hydrogen-bond acceptors (Lipinski definition) is 6. The summed E-state index contributed by atoms with van der Waals surface area (Å²) in [5, 5.41) is 10.3. The lowest BCUT2D eigenvalue weighted by Gasteiger charge is -2.27. The van der Waals surface area contributed by atoms with Crippen LogP contribution in [0.3, 0.4) is 0 Å². The number of fused-ring (bicyclic) bond motifs is 1. The Labute approximate surface area is 194 Å². The van der Waals surface area contributed by atoms with Gasteiger partial charge in [-0.1, -0.05) is 41.4 Å². The molecule has 0 saturated carbocycles. The molecular weight excluding hydrogens is 451 g/mol. The van der Waals surface area contributed by atoms with E-state index in [-0.39, 0.29) is 27.8 Å². The van der Waals surface area contributed by atoms with E-state index in [9.17, 15) is 10.1 Å². The summed E-state index contributed by atoms with van der Waals surface area (Å²) >= 11 is 12.0. The van der Waals surface area contributed by atoms with Crippen LogP contribution in [-0.2, 0) is 0 Å². The van der Waals surface area contributed by atoms with Crippen molar-refractivity contribution in [3.8, 4) is 23.3 Å². The second-order valence-electron chi connectivity index (χ2n) is 6.91. The number of nitriles is 1. The van der Waals surface area contributed by atoms with Crippen LogP contribution in [0.25, 0.3) is 0 Å². The molecule has 1 heterocycles. The Bertz CT molecular complexity index is 1300. The summed E-state index contributed by atoms with van der Waals surface area (Å²) in [4.78, 5) is 12.6. The van der Waals surface area contributed by atoms with Gasteiger partial charge in [-0.05, 0) is 42.0 Å². The molecule has 0 aromatic heterocycles. The Morgan fingerprint density at radius 2 is 1.91 bits per heavy atom. The Hall–Kier alpha value is -3.66. The number of ether oxygens (including phenoxy) is 3. The zero-order valence-electron chi connectivity index (χ0n) is 16.8. The molecule has 160 valence electrons. The lowest BCUT2D eigenvalue weighted by atomic mass is 9.83. The highest BCUT2D eigenvalue weighted by Crippen LogP contribution is 2.44. The number of nitrogens with zero attached hydrogens (tertiary/aromatic N) is 1. The SMILES string of the molecule is COc1cccc(C2C(C#N)=C(N)Oc3cc(OC(=O)c4ccc(Cl)cc4Cl)ccc32)c1. The topological polar surface area (TPSA) is 94.6 Å². The van der Waals surface area contributed by atoms with Crippen LogP contribution in [-0.4, -0.2) is 13.1 Å². The highest BCUT2D eigenvalue weighted by molar-refractivity contribution is 6.36. The first-order chi connectivity index (χ1) is 15.4. The van der Waals surface area contributed by atoms with Crippen molar-refractivity contribution in [2.75, 3.05) is 7.11 Å². The van der Waals surface area contributed by atoms with Crippen LogP contribution in [0, 0.1) is 11.3 Å². The van der Waals surface area contributed by atoms with Crippen molar-refractivity contribution in [3.05, 3.63) is 98.9 Å². The van der Waals surface area contributed by atoms with Crippen molar-refractivity contribution in [1.29, 1.82) is 5.26 Å². The maximum Gasteiger partial charge on any atom is 0.345 e. The molecule has 3 aromatic rings. The van der Waals surface area contributed by atoms with Gasteiger partial charge in [0, 0.05) is 16.7 Å². The number of methoxy groups -OCH3 is 1. The number of rotatable bonds is 4. The summed E-state index contributed by atoms with van der Waals surface area (Å²) < 4.78 is 16.5. The number of allylic oxidation sites excluding steroid dienone is 1. The molecule has 0 bridgehead atoms. The van der Waals surface area contributed by atoms with Gasteiger partial charge in [0.2, 0.25) is 5.88 Å². The molecule has 1 atom stereocenters. The number of benzene rings is 3. The van der Waals surface area contributed by atoms with Crippen LogP contribution in [0.2, 0.25) is 10.0 Å². The fraction of sp³-hybridized carbons (Fsp3) is 0.0833. The summed E-state index contributed by atoms with van der Waals surface area (Å²) in [5.41, 5.74) is 8.02. The molecule has 1 aliphatic rings. The number of halogens is 2. The third-order valence-electron chi connectivity index (χ3n) is 4.98. The molecule has 8 heteroatoms. The molecule has 2 N–H and O–H groups in total. The predicted octanol–water partition coefficient (Wildman–Crippen LogP) is 5.44. The Morgan fingerprint density at radius 3 is 2.62 bits per heavy atom. The maximum absolute atomic E-state index is 12.6. The minimum Gasteiger partial charge on any atom is -0.497 e. The fourth-order valence-electron chi connectivity index (χ4n) is 3.48. The van der Waals surface area contributed by atoms with E-state index >= 15 is 0 Å². The number of nitrogens with two attached hydrogens (primary N) is 1. The van der Waals surface area contributed by atoms with Gasteiger partial charge in [0.15, 0.2) is 0 Å². The monoisotopic (exact) mass is 466 g/mol. The summed E-state index contributed by atoms with van der Waals surface area (Å²) in [6, 6.07) is 18.9. The van der Waals surface area contributed by atoms with Gasteiger partial charge in [-0.25, -0.2) is 4.79 Å². The van der Waals surface area contributed by atoms with Crippen molar-refractivity contribution in [2.24, 2.45) is 5.73 Å². The van der Waals surface area contributed by atoms with E-state index in [1.807, 2.05) is 24.3 Å². The number of hydrogen-bond donors (Lipinski definition) is 1. The minimum absolute atomic E-state index is 0.0166. The third kappa shape index (κ3) is 4.09. The average molecular weight is 467 g/mol. The molecule has 0 radical (unpaired) electrons. The van der Waals surface area contributed by atoms with Gasteiger partial charge in [0.05, 0.1) is 23.6 Å². The van der Waals surface area contributed by atoms with Gasteiger partial charge in [-0.2, -0.15) is 5.26 Å². The highest BCUT2D eigenvalue weighted by atomic mass is 35.5. The van der Waals surface area contributed by atoms with Crippen LogP contribution in [0.5, 0.6) is 17.2 Å². The van der Waals surface area contributed by atoms with E-state index in [0.717, 1.165) is 5.56 Å². The van der Waals surface area contributed by atoms with E-state index in [2.05, 4.69) is 6.07 Å². The van der Waals surface area contributed by atoms with Gasteiger partial charge in [-0.3, -0.25) is 0 Å². The van der Waals surface area contributed by atoms with Crippen LogP contribution in [0.1, 0.15) is 27.4 Å². The number of carbonyl (C=O) groups excluding carboxylic acids is 1. The van der Waals surface area contributed by atoms with Gasteiger partial charge in [0.25, 0.3) is 0 Å². The Kier molecular flexibility index (Phi) is 5.95. The first-order valence-electron chi connectivity index (χ1n) is 9.44. The van der Waals surface area contributed by atoms with Crippen molar-refractivity contribution in [1.82, 2.24) is 0 Å². The number of carbonyl (C=O) groups is 1. The van der Waals surface area contributed by atoms with E-state index in [1.165, 1.54) is 12.1 Å². The molecule has 1 aliphatic heterocycles. The van der Waals surface area contributed by atoms with Gasteiger partial charge in [0.1, 0.15) is 28.9 Å². The van der Waals surface area contributed by atoms with Crippen molar-refractivity contribution in [2.45, 2.75) is 5.92 Å². The summed E-state index contributed by atoms with van der Waals surface area (Å²) in [7, 11) is 1.57. The van der Waals surface area contributed by atoms with E-state index in [0.29, 0.717) is 22.1 Å². The Morgan fingerprint density at radius 1 is 1.09 bits per heavy atom. The largest absolute Gasteiger partial charge is 0.497 e. The van der Waals surface area contributed by atoms with E-state index < -0.39 is 11.9 Å². The molecule has 0 spiro atoms. The molecule has 0 amide bonds. The number of esters is 1. The minimum atomic E-state index is -0.645. The van der Waals surface area contributed by atoms with Gasteiger partial charge in [-0.15, -0.1) is 0 Å². The first-order valence-corrected chi connectivity index (χ1v) is 10.2. The van der Waals surface area contributed by atoms with Gasteiger partial charge >= 0.3 is 5.97 Å². The maximum atomic E-state index is 12.6. The molecule has 4 rings (SSSR count). The molecule has 0 saturated heterocycles. The second kappa shape index (κ2) is 8.83. The molecular formula is C24H16Cl2N2O4.